The van der Waals surface area contributed by atoms with E-state index in [2.05, 4.69) is 18.2 Å². The lowest BCUT2D eigenvalue weighted by Crippen LogP contribution is -2.36. The van der Waals surface area contributed by atoms with E-state index >= 15 is 0 Å². The smallest absolute Gasteiger partial charge is 0.293 e. The molecule has 1 aliphatic carbocycles. The van der Waals surface area contributed by atoms with Crippen molar-refractivity contribution in [3.63, 3.8) is 0 Å². The molecule has 2 unspecified atom stereocenters. The molecule has 0 N–H and O–H groups in total. The molecule has 0 radical (unpaired) electrons. The number of nitrogens with zero attached hydrogens (tertiary/aromatic N) is 4. The topological polar surface area (TPSA) is 88.3 Å². The van der Waals surface area contributed by atoms with Gasteiger partial charge in [-0.2, -0.15) is 5.10 Å². The van der Waals surface area contributed by atoms with E-state index in [0.717, 1.165) is 41.7 Å². The normalized spacial score (nSPS) is 21.9. The van der Waals surface area contributed by atoms with E-state index < -0.39 is 4.92 Å². The summed E-state index contributed by atoms with van der Waals surface area (Å²) in [4.78, 5) is 27.6. The van der Waals surface area contributed by atoms with Crippen LogP contribution in [0.4, 0.5) is 11.4 Å². The first-order chi connectivity index (χ1) is 19.1. The zero-order valence-corrected chi connectivity index (χ0v) is 21.6. The maximum Gasteiger partial charge on any atom is 0.293 e. The number of fused-ring (bicyclic) bond motifs is 1. The first-order valence-corrected chi connectivity index (χ1v) is 13.4. The van der Waals surface area contributed by atoms with Gasteiger partial charge in [0, 0.05) is 30.6 Å². The Morgan fingerprint density at radius 1 is 1.00 bits per heavy atom. The number of carbonyl (C=O) groups is 1. The number of anilines is 1. The Labute approximate surface area is 227 Å². The van der Waals surface area contributed by atoms with Crippen molar-refractivity contribution < 1.29 is 14.5 Å². The average Bonchev–Trinajstić information content (AvgIpc) is 3.38. The number of morpholine rings is 1. The number of benzene rings is 3. The summed E-state index contributed by atoms with van der Waals surface area (Å²) in [7, 11) is 0. The van der Waals surface area contributed by atoms with Crippen molar-refractivity contribution in [3.05, 3.63) is 111 Å². The van der Waals surface area contributed by atoms with Crippen molar-refractivity contribution in [1.29, 1.82) is 0 Å². The largest absolute Gasteiger partial charge is 0.378 e. The highest BCUT2D eigenvalue weighted by Gasteiger charge is 2.44. The molecule has 6 rings (SSSR count). The minimum atomic E-state index is -0.410. The second-order valence-corrected chi connectivity index (χ2v) is 10.1. The number of nitro benzene ring substituents is 1. The number of rotatable bonds is 5. The Morgan fingerprint density at radius 3 is 2.44 bits per heavy atom. The maximum atomic E-state index is 14.0. The Bertz CT molecular complexity index is 1430. The lowest BCUT2D eigenvalue weighted by Gasteiger charge is -2.30. The molecule has 0 aromatic heterocycles. The number of hydrogen-bond donors (Lipinski definition) is 0. The van der Waals surface area contributed by atoms with Crippen LogP contribution in [-0.4, -0.2) is 47.9 Å². The molecule has 2 fully saturated rings. The molecule has 2 atom stereocenters. The molecule has 2 heterocycles. The van der Waals surface area contributed by atoms with E-state index in [0.29, 0.717) is 32.0 Å². The van der Waals surface area contributed by atoms with Crippen molar-refractivity contribution in [3.8, 4) is 0 Å². The van der Waals surface area contributed by atoms with Crippen LogP contribution < -0.4 is 4.90 Å². The van der Waals surface area contributed by atoms with Gasteiger partial charge in [-0.25, -0.2) is 5.01 Å². The molecule has 3 aromatic carbocycles. The standard InChI is InChI=1S/C31H30N4O4/c36-31(25-14-15-27(28(21-25)35(37)38)33-16-18-39-19-17-33)34-30(23-10-5-2-6-11-23)26-13-7-12-24(29(26)32-34)20-22-8-3-1-4-9-22/h1-6,8-11,14-15,20-21,26,30H,7,12-13,16-19H2/b24-20-. The van der Waals surface area contributed by atoms with Gasteiger partial charge in [0.1, 0.15) is 5.69 Å². The first-order valence-electron chi connectivity index (χ1n) is 13.4. The number of amides is 1. The van der Waals surface area contributed by atoms with E-state index in [1.54, 1.807) is 17.1 Å². The van der Waals surface area contributed by atoms with Gasteiger partial charge in [-0.05, 0) is 54.2 Å². The second kappa shape index (κ2) is 10.8. The van der Waals surface area contributed by atoms with Crippen molar-refractivity contribution in [2.24, 2.45) is 11.0 Å². The molecular weight excluding hydrogens is 492 g/mol. The number of nitro groups is 1. The third kappa shape index (κ3) is 4.95. The van der Waals surface area contributed by atoms with Crippen molar-refractivity contribution in [2.75, 3.05) is 31.2 Å². The van der Waals surface area contributed by atoms with Crippen LogP contribution in [0.2, 0.25) is 0 Å². The lowest BCUT2D eigenvalue weighted by atomic mass is 9.77. The van der Waals surface area contributed by atoms with E-state index in [1.165, 1.54) is 6.07 Å². The highest BCUT2D eigenvalue weighted by atomic mass is 16.6. The summed E-state index contributed by atoms with van der Waals surface area (Å²) in [6.07, 6.45) is 4.99. The number of hydrazone groups is 1. The Kier molecular flexibility index (Phi) is 6.94. The van der Waals surface area contributed by atoms with Crippen LogP contribution in [0.5, 0.6) is 0 Å². The van der Waals surface area contributed by atoms with E-state index in [4.69, 9.17) is 9.84 Å². The van der Waals surface area contributed by atoms with Crippen LogP contribution in [0.25, 0.3) is 6.08 Å². The van der Waals surface area contributed by atoms with Gasteiger partial charge in [-0.15, -0.1) is 0 Å². The van der Waals surface area contributed by atoms with Gasteiger partial charge in [0.2, 0.25) is 0 Å². The third-order valence-corrected chi connectivity index (χ3v) is 7.76. The van der Waals surface area contributed by atoms with Gasteiger partial charge >= 0.3 is 0 Å². The molecule has 2 aliphatic heterocycles. The first kappa shape index (κ1) is 25.0. The summed E-state index contributed by atoms with van der Waals surface area (Å²) in [6, 6.07) is 24.6. The number of carbonyl (C=O) groups excluding carboxylic acids is 1. The lowest BCUT2D eigenvalue weighted by molar-refractivity contribution is -0.384. The summed E-state index contributed by atoms with van der Waals surface area (Å²) >= 11 is 0. The summed E-state index contributed by atoms with van der Waals surface area (Å²) in [5, 5.41) is 18.6. The molecular formula is C31H30N4O4. The van der Waals surface area contributed by atoms with Gasteiger partial charge in [0.05, 0.1) is 29.9 Å². The predicted molar refractivity (Wildman–Crippen MR) is 151 cm³/mol. The molecule has 1 amide bonds. The fourth-order valence-corrected chi connectivity index (χ4v) is 5.91. The second-order valence-electron chi connectivity index (χ2n) is 10.1. The van der Waals surface area contributed by atoms with E-state index in [9.17, 15) is 14.9 Å². The van der Waals surface area contributed by atoms with Crippen molar-refractivity contribution in [2.45, 2.75) is 25.3 Å². The van der Waals surface area contributed by atoms with Gasteiger partial charge in [-0.1, -0.05) is 60.7 Å². The summed E-state index contributed by atoms with van der Waals surface area (Å²) in [6.45, 7) is 2.18. The van der Waals surface area contributed by atoms with Crippen LogP contribution in [0.3, 0.4) is 0 Å². The Morgan fingerprint density at radius 2 is 1.72 bits per heavy atom. The summed E-state index contributed by atoms with van der Waals surface area (Å²) in [5.41, 5.74) is 4.88. The Balaban J connectivity index is 1.39. The molecule has 0 bridgehead atoms. The van der Waals surface area contributed by atoms with Gasteiger partial charge < -0.3 is 9.64 Å². The van der Waals surface area contributed by atoms with Gasteiger partial charge in [0.15, 0.2) is 0 Å². The molecule has 3 aliphatic rings. The number of ether oxygens (including phenoxy) is 1. The molecule has 1 saturated carbocycles. The predicted octanol–water partition coefficient (Wildman–Crippen LogP) is 5.87. The third-order valence-electron chi connectivity index (χ3n) is 7.76. The van der Waals surface area contributed by atoms with Crippen LogP contribution in [0.15, 0.2) is 89.5 Å². The van der Waals surface area contributed by atoms with Crippen LogP contribution >= 0.6 is 0 Å². The minimum absolute atomic E-state index is 0.0580. The van der Waals surface area contributed by atoms with Gasteiger partial charge in [0.25, 0.3) is 11.6 Å². The SMILES string of the molecule is O=C(c1ccc(N2CCOCC2)c([N+](=O)[O-])c1)N1N=C2/C(=C\c3ccccc3)CCCC2C1c1ccccc1. The molecule has 8 heteroatoms. The number of allylic oxidation sites excluding steroid dienone is 1. The quantitative estimate of drug-likeness (QED) is 0.309. The molecule has 3 aromatic rings. The molecule has 198 valence electrons. The summed E-state index contributed by atoms with van der Waals surface area (Å²) < 4.78 is 5.41. The Hall–Kier alpha value is -4.30. The van der Waals surface area contributed by atoms with Crippen molar-refractivity contribution in [1.82, 2.24) is 5.01 Å². The molecule has 1 saturated heterocycles. The van der Waals surface area contributed by atoms with Crippen molar-refractivity contribution >= 4 is 29.1 Å². The van der Waals surface area contributed by atoms with Crippen LogP contribution in [0.1, 0.15) is 46.8 Å². The van der Waals surface area contributed by atoms with Gasteiger partial charge in [-0.3, -0.25) is 14.9 Å². The van der Waals surface area contributed by atoms with E-state index in [-0.39, 0.29) is 29.1 Å². The maximum absolute atomic E-state index is 14.0. The highest BCUT2D eigenvalue weighted by Crippen LogP contribution is 2.45. The zero-order chi connectivity index (χ0) is 26.8. The molecule has 8 nitrogen and oxygen atoms in total. The highest BCUT2D eigenvalue weighted by molar-refractivity contribution is 6.09. The minimum Gasteiger partial charge on any atom is -0.378 e. The zero-order valence-electron chi connectivity index (χ0n) is 21.6. The fraction of sp³-hybridized carbons (Fsp3) is 0.290. The summed E-state index contributed by atoms with van der Waals surface area (Å²) in [5.74, 6) is -0.274. The molecule has 39 heavy (non-hydrogen) atoms. The number of hydrogen-bond acceptors (Lipinski definition) is 6. The van der Waals surface area contributed by atoms with E-state index in [1.807, 2.05) is 53.4 Å². The van der Waals surface area contributed by atoms with Crippen LogP contribution in [-0.2, 0) is 4.74 Å². The van der Waals surface area contributed by atoms with Crippen LogP contribution in [0, 0.1) is 16.0 Å². The molecule has 0 spiro atoms. The fourth-order valence-electron chi connectivity index (χ4n) is 5.91. The monoisotopic (exact) mass is 522 g/mol. The average molecular weight is 523 g/mol.